The van der Waals surface area contributed by atoms with Crippen molar-refractivity contribution < 1.29 is 17.9 Å². The number of pyridine rings is 1. The maximum Gasteiger partial charge on any atom is 0.417 e. The summed E-state index contributed by atoms with van der Waals surface area (Å²) in [6.45, 7) is -0.0221. The van der Waals surface area contributed by atoms with Crippen molar-refractivity contribution >= 4 is 0 Å². The van der Waals surface area contributed by atoms with Gasteiger partial charge in [-0.25, -0.2) is 0 Å². The van der Waals surface area contributed by atoms with Gasteiger partial charge in [-0.15, -0.1) is 0 Å². The second kappa shape index (κ2) is 6.84. The number of benzene rings is 2. The first-order chi connectivity index (χ1) is 11.9. The lowest BCUT2D eigenvalue weighted by Gasteiger charge is -2.14. The van der Waals surface area contributed by atoms with Crippen molar-refractivity contribution in [2.45, 2.75) is 12.7 Å². The fourth-order valence-electron chi connectivity index (χ4n) is 2.36. The number of halogens is 3. The molecule has 0 amide bonds. The predicted molar refractivity (Wildman–Crippen MR) is 87.8 cm³/mol. The van der Waals surface area contributed by atoms with Crippen molar-refractivity contribution in [2.75, 3.05) is 0 Å². The third-order valence-corrected chi connectivity index (χ3v) is 3.60. The Bertz CT molecular complexity index is 918. The Morgan fingerprint density at radius 2 is 1.56 bits per heavy atom. The first kappa shape index (κ1) is 16.8. The topological polar surface area (TPSA) is 31.2 Å². The molecule has 3 rings (SSSR count). The van der Waals surface area contributed by atoms with Crippen LogP contribution in [0.2, 0.25) is 0 Å². The van der Waals surface area contributed by atoms with Crippen LogP contribution < -0.4 is 10.3 Å². The molecular formula is C19H14F3NO2. The summed E-state index contributed by atoms with van der Waals surface area (Å²) in [6, 6.07) is 17.6. The van der Waals surface area contributed by atoms with Gasteiger partial charge in [-0.1, -0.05) is 36.4 Å². The van der Waals surface area contributed by atoms with Crippen molar-refractivity contribution in [2.24, 2.45) is 0 Å². The predicted octanol–water partition coefficient (Wildman–Crippen LogP) is 4.71. The van der Waals surface area contributed by atoms with E-state index in [1.807, 2.05) is 18.2 Å². The summed E-state index contributed by atoms with van der Waals surface area (Å²) in [5.74, 6) is 1.09. The number of para-hydroxylation sites is 2. The van der Waals surface area contributed by atoms with Gasteiger partial charge in [0.25, 0.3) is 5.56 Å². The van der Waals surface area contributed by atoms with Gasteiger partial charge in [0.2, 0.25) is 0 Å². The highest BCUT2D eigenvalue weighted by Crippen LogP contribution is 2.29. The third kappa shape index (κ3) is 4.09. The SMILES string of the molecule is O=c1ccc(C(F)(F)F)cn1Cc1ccccc1Oc1ccccc1. The molecule has 0 atom stereocenters. The average Bonchev–Trinajstić information content (AvgIpc) is 2.58. The van der Waals surface area contributed by atoms with Crippen LogP contribution in [0.25, 0.3) is 0 Å². The summed E-state index contributed by atoms with van der Waals surface area (Å²) < 4.78 is 45.4. The van der Waals surface area contributed by atoms with E-state index in [1.165, 1.54) is 0 Å². The van der Waals surface area contributed by atoms with Crippen molar-refractivity contribution in [1.82, 2.24) is 4.57 Å². The second-order valence-corrected chi connectivity index (χ2v) is 5.40. The van der Waals surface area contributed by atoms with E-state index in [0.29, 0.717) is 17.1 Å². The molecule has 0 bridgehead atoms. The highest BCUT2D eigenvalue weighted by atomic mass is 19.4. The van der Waals surface area contributed by atoms with E-state index in [-0.39, 0.29) is 6.54 Å². The Kier molecular flexibility index (Phi) is 4.61. The fourth-order valence-corrected chi connectivity index (χ4v) is 2.36. The van der Waals surface area contributed by atoms with Crippen LogP contribution in [-0.2, 0) is 12.7 Å². The molecule has 0 aliphatic rings. The lowest BCUT2D eigenvalue weighted by molar-refractivity contribution is -0.138. The van der Waals surface area contributed by atoms with Crippen LogP contribution >= 0.6 is 0 Å². The van der Waals surface area contributed by atoms with Gasteiger partial charge in [-0.05, 0) is 24.3 Å². The molecule has 25 heavy (non-hydrogen) atoms. The maximum atomic E-state index is 12.9. The van der Waals surface area contributed by atoms with Gasteiger partial charge in [0.15, 0.2) is 0 Å². The largest absolute Gasteiger partial charge is 0.457 e. The molecule has 0 saturated heterocycles. The number of hydrogen-bond donors (Lipinski definition) is 0. The van der Waals surface area contributed by atoms with Crippen LogP contribution in [0, 0.1) is 0 Å². The van der Waals surface area contributed by atoms with E-state index in [2.05, 4.69) is 0 Å². The van der Waals surface area contributed by atoms with Crippen LogP contribution in [-0.4, -0.2) is 4.57 Å². The summed E-state index contributed by atoms with van der Waals surface area (Å²) in [5.41, 5.74) is -0.774. The molecule has 3 nitrogen and oxygen atoms in total. The zero-order valence-electron chi connectivity index (χ0n) is 13.0. The molecule has 0 aliphatic heterocycles. The molecule has 0 fully saturated rings. The summed E-state index contributed by atoms with van der Waals surface area (Å²) >= 11 is 0. The van der Waals surface area contributed by atoms with E-state index in [9.17, 15) is 18.0 Å². The Balaban J connectivity index is 1.93. The van der Waals surface area contributed by atoms with Crippen LogP contribution in [0.3, 0.4) is 0 Å². The molecule has 1 aromatic heterocycles. The first-order valence-corrected chi connectivity index (χ1v) is 7.52. The number of alkyl halides is 3. The maximum absolute atomic E-state index is 12.9. The van der Waals surface area contributed by atoms with E-state index in [0.717, 1.165) is 22.9 Å². The lowest BCUT2D eigenvalue weighted by atomic mass is 10.2. The van der Waals surface area contributed by atoms with Crippen LogP contribution in [0.15, 0.2) is 77.7 Å². The standard InChI is InChI=1S/C19H14F3NO2/c20-19(21,22)15-10-11-18(24)23(13-15)12-14-6-4-5-9-17(14)25-16-7-2-1-3-8-16/h1-11,13H,12H2. The molecular weight excluding hydrogens is 331 g/mol. The van der Waals surface area contributed by atoms with Crippen molar-refractivity contribution in [3.05, 3.63) is 94.4 Å². The third-order valence-electron chi connectivity index (χ3n) is 3.60. The van der Waals surface area contributed by atoms with Crippen LogP contribution in [0.4, 0.5) is 13.2 Å². The van der Waals surface area contributed by atoms with Crippen molar-refractivity contribution in [1.29, 1.82) is 0 Å². The molecule has 3 aromatic rings. The van der Waals surface area contributed by atoms with Crippen molar-refractivity contribution in [3.63, 3.8) is 0 Å². The van der Waals surface area contributed by atoms with Crippen LogP contribution in [0.5, 0.6) is 11.5 Å². The average molecular weight is 345 g/mol. The summed E-state index contributed by atoms with van der Waals surface area (Å²) in [6.07, 6.45) is -3.68. The van der Waals surface area contributed by atoms with Gasteiger partial charge in [0.05, 0.1) is 12.1 Å². The molecule has 0 spiro atoms. The smallest absolute Gasteiger partial charge is 0.417 e. The second-order valence-electron chi connectivity index (χ2n) is 5.40. The number of aromatic nitrogens is 1. The van der Waals surface area contributed by atoms with E-state index in [1.54, 1.807) is 36.4 Å². The molecule has 0 radical (unpaired) electrons. The summed E-state index contributed by atoms with van der Waals surface area (Å²) in [4.78, 5) is 11.9. The van der Waals surface area contributed by atoms with Gasteiger partial charge in [-0.3, -0.25) is 4.79 Å². The Hall–Kier alpha value is -3.02. The molecule has 0 aliphatic carbocycles. The van der Waals surface area contributed by atoms with Gasteiger partial charge in [0, 0.05) is 17.8 Å². The monoisotopic (exact) mass is 345 g/mol. The first-order valence-electron chi connectivity index (χ1n) is 7.52. The molecule has 2 aromatic carbocycles. The lowest BCUT2D eigenvalue weighted by Crippen LogP contribution is -2.22. The zero-order valence-corrected chi connectivity index (χ0v) is 13.0. The molecule has 128 valence electrons. The fraction of sp³-hybridized carbons (Fsp3) is 0.105. The van der Waals surface area contributed by atoms with Crippen molar-refractivity contribution in [3.8, 4) is 11.5 Å². The number of ether oxygens (including phenoxy) is 1. The summed E-state index contributed by atoms with van der Waals surface area (Å²) in [7, 11) is 0. The molecule has 0 saturated carbocycles. The minimum atomic E-state index is -4.50. The summed E-state index contributed by atoms with van der Waals surface area (Å²) in [5, 5.41) is 0. The molecule has 1 heterocycles. The van der Waals surface area contributed by atoms with Gasteiger partial charge in [0.1, 0.15) is 11.5 Å². The van der Waals surface area contributed by atoms with Gasteiger partial charge in [-0.2, -0.15) is 13.2 Å². The Morgan fingerprint density at radius 3 is 2.28 bits per heavy atom. The van der Waals surface area contributed by atoms with E-state index in [4.69, 9.17) is 4.74 Å². The van der Waals surface area contributed by atoms with Crippen LogP contribution in [0.1, 0.15) is 11.1 Å². The number of hydrogen-bond acceptors (Lipinski definition) is 2. The quantitative estimate of drug-likeness (QED) is 0.686. The molecule has 0 unspecified atom stereocenters. The highest BCUT2D eigenvalue weighted by Gasteiger charge is 2.31. The zero-order chi connectivity index (χ0) is 17.9. The minimum Gasteiger partial charge on any atom is -0.457 e. The Morgan fingerprint density at radius 1 is 0.880 bits per heavy atom. The molecule has 6 heteroatoms. The minimum absolute atomic E-state index is 0.0221. The number of rotatable bonds is 4. The van der Waals surface area contributed by atoms with E-state index >= 15 is 0 Å². The Labute approximate surface area is 141 Å². The van der Waals surface area contributed by atoms with Gasteiger partial charge >= 0.3 is 6.18 Å². The number of nitrogens with zero attached hydrogens (tertiary/aromatic N) is 1. The molecule has 0 N–H and O–H groups in total. The normalized spacial score (nSPS) is 11.3. The van der Waals surface area contributed by atoms with Gasteiger partial charge < -0.3 is 9.30 Å². The highest BCUT2D eigenvalue weighted by molar-refractivity contribution is 5.38. The van der Waals surface area contributed by atoms with E-state index < -0.39 is 17.3 Å².